The lowest BCUT2D eigenvalue weighted by atomic mass is 10.1. The molecule has 0 spiro atoms. The molecule has 3 rings (SSSR count). The van der Waals surface area contributed by atoms with Gasteiger partial charge in [-0.25, -0.2) is 0 Å². The summed E-state index contributed by atoms with van der Waals surface area (Å²) < 4.78 is 7.03. The van der Waals surface area contributed by atoms with Crippen LogP contribution in [0.3, 0.4) is 0 Å². The van der Waals surface area contributed by atoms with Crippen LogP contribution in [-0.2, 0) is 13.0 Å². The van der Waals surface area contributed by atoms with E-state index in [0.717, 1.165) is 35.4 Å². The topological polar surface area (TPSA) is 34.1 Å². The van der Waals surface area contributed by atoms with Crippen LogP contribution in [-0.4, -0.2) is 17.6 Å². The van der Waals surface area contributed by atoms with Gasteiger partial charge in [-0.05, 0) is 42.3 Å². The fourth-order valence-corrected chi connectivity index (χ4v) is 2.79. The Bertz CT molecular complexity index is 598. The van der Waals surface area contributed by atoms with Crippen molar-refractivity contribution in [3.63, 3.8) is 0 Å². The maximum atomic E-state index is 5.92. The van der Waals surface area contributed by atoms with Crippen molar-refractivity contribution < 1.29 is 4.74 Å². The van der Waals surface area contributed by atoms with Crippen molar-refractivity contribution in [2.75, 3.05) is 6.54 Å². The zero-order valence-electron chi connectivity index (χ0n) is 11.4. The summed E-state index contributed by atoms with van der Waals surface area (Å²) in [5.74, 6) is 1.01. The number of benzene rings is 1. The maximum Gasteiger partial charge on any atom is 0.123 e. The lowest BCUT2D eigenvalue weighted by molar-refractivity contribution is 0.227. The van der Waals surface area contributed by atoms with E-state index in [-0.39, 0.29) is 6.10 Å². The van der Waals surface area contributed by atoms with Crippen LogP contribution in [0.2, 0.25) is 0 Å². The van der Waals surface area contributed by atoms with Gasteiger partial charge in [-0.1, -0.05) is 22.0 Å². The molecule has 1 aromatic carbocycles. The second-order valence-electron chi connectivity index (χ2n) is 5.13. The summed E-state index contributed by atoms with van der Waals surface area (Å²) in [5.41, 5.74) is 3.53. The van der Waals surface area contributed by atoms with Crippen molar-refractivity contribution in [3.8, 4) is 5.75 Å². The van der Waals surface area contributed by atoms with Crippen LogP contribution in [0.5, 0.6) is 5.75 Å². The van der Waals surface area contributed by atoms with Gasteiger partial charge in [-0.15, -0.1) is 0 Å². The Morgan fingerprint density at radius 3 is 3.05 bits per heavy atom. The molecule has 2 aromatic rings. The summed E-state index contributed by atoms with van der Waals surface area (Å²) in [6.45, 7) is 3.67. The SMILES string of the molecule is Cc1ccc(CNCC2Cc3cc(Br)ccc3O2)cn1. The van der Waals surface area contributed by atoms with Crippen molar-refractivity contribution in [3.05, 3.63) is 57.8 Å². The first-order valence-corrected chi connectivity index (χ1v) is 7.57. The van der Waals surface area contributed by atoms with Crippen LogP contribution in [0, 0.1) is 6.92 Å². The Hall–Kier alpha value is -1.39. The van der Waals surface area contributed by atoms with Crippen LogP contribution in [0.1, 0.15) is 16.8 Å². The molecule has 0 bridgehead atoms. The normalized spacial score (nSPS) is 16.8. The molecule has 1 aliphatic rings. The van der Waals surface area contributed by atoms with E-state index >= 15 is 0 Å². The smallest absolute Gasteiger partial charge is 0.123 e. The Morgan fingerprint density at radius 2 is 2.25 bits per heavy atom. The van der Waals surface area contributed by atoms with E-state index in [2.05, 4.69) is 38.4 Å². The number of aryl methyl sites for hydroxylation is 1. The van der Waals surface area contributed by atoms with Crippen molar-refractivity contribution >= 4 is 15.9 Å². The number of aromatic nitrogens is 1. The van der Waals surface area contributed by atoms with Gasteiger partial charge in [0.2, 0.25) is 0 Å². The molecule has 20 heavy (non-hydrogen) atoms. The van der Waals surface area contributed by atoms with Crippen LogP contribution < -0.4 is 10.1 Å². The van der Waals surface area contributed by atoms with E-state index in [1.807, 2.05) is 31.3 Å². The molecule has 0 saturated heterocycles. The number of nitrogens with one attached hydrogen (secondary N) is 1. The standard InChI is InChI=1S/C16H17BrN2O/c1-11-2-3-12(9-19-11)8-18-10-15-7-13-6-14(17)4-5-16(13)20-15/h2-6,9,15,18H,7-8,10H2,1H3. The fourth-order valence-electron chi connectivity index (χ4n) is 2.38. The third kappa shape index (κ3) is 3.19. The molecule has 1 N–H and O–H groups in total. The molecule has 4 heteroatoms. The van der Waals surface area contributed by atoms with E-state index < -0.39 is 0 Å². The monoisotopic (exact) mass is 332 g/mol. The number of pyridine rings is 1. The van der Waals surface area contributed by atoms with Gasteiger partial charge >= 0.3 is 0 Å². The molecule has 1 aromatic heterocycles. The highest BCUT2D eigenvalue weighted by Crippen LogP contribution is 2.30. The minimum Gasteiger partial charge on any atom is -0.488 e. The average molecular weight is 333 g/mol. The first-order chi connectivity index (χ1) is 9.70. The summed E-state index contributed by atoms with van der Waals surface area (Å²) >= 11 is 3.50. The highest BCUT2D eigenvalue weighted by molar-refractivity contribution is 9.10. The first-order valence-electron chi connectivity index (χ1n) is 6.78. The molecule has 104 valence electrons. The quantitative estimate of drug-likeness (QED) is 0.933. The van der Waals surface area contributed by atoms with Gasteiger partial charge in [0.1, 0.15) is 11.9 Å². The number of ether oxygens (including phenoxy) is 1. The highest BCUT2D eigenvalue weighted by atomic mass is 79.9. The van der Waals surface area contributed by atoms with E-state index in [1.54, 1.807) is 0 Å². The number of nitrogens with zero attached hydrogens (tertiary/aromatic N) is 1. The van der Waals surface area contributed by atoms with Crippen LogP contribution in [0.15, 0.2) is 41.0 Å². The number of hydrogen-bond donors (Lipinski definition) is 1. The second-order valence-corrected chi connectivity index (χ2v) is 6.05. The summed E-state index contributed by atoms with van der Waals surface area (Å²) in [6.07, 6.45) is 3.11. The maximum absolute atomic E-state index is 5.92. The van der Waals surface area contributed by atoms with Crippen LogP contribution in [0.4, 0.5) is 0 Å². The van der Waals surface area contributed by atoms with E-state index in [0.29, 0.717) is 0 Å². The fraction of sp³-hybridized carbons (Fsp3) is 0.312. The van der Waals surface area contributed by atoms with Crippen LogP contribution >= 0.6 is 15.9 Å². The number of rotatable bonds is 4. The summed E-state index contributed by atoms with van der Waals surface area (Å²) in [5, 5.41) is 3.44. The average Bonchev–Trinajstić information content (AvgIpc) is 2.83. The van der Waals surface area contributed by atoms with Gasteiger partial charge in [-0.2, -0.15) is 0 Å². The minimum absolute atomic E-state index is 0.220. The molecule has 1 atom stereocenters. The van der Waals surface area contributed by atoms with Crippen molar-refractivity contribution in [2.24, 2.45) is 0 Å². The Morgan fingerprint density at radius 1 is 1.35 bits per heavy atom. The molecular formula is C16H17BrN2O. The third-order valence-corrected chi connectivity index (χ3v) is 3.93. The van der Waals surface area contributed by atoms with Gasteiger partial charge in [0.25, 0.3) is 0 Å². The Labute approximate surface area is 127 Å². The van der Waals surface area contributed by atoms with E-state index in [4.69, 9.17) is 4.74 Å². The molecule has 1 unspecified atom stereocenters. The molecule has 3 nitrogen and oxygen atoms in total. The van der Waals surface area contributed by atoms with Crippen LogP contribution in [0.25, 0.3) is 0 Å². The second kappa shape index (κ2) is 5.94. The molecule has 0 fully saturated rings. The first kappa shape index (κ1) is 13.6. The Kier molecular flexibility index (Phi) is 4.03. The minimum atomic E-state index is 0.220. The molecule has 0 saturated carbocycles. The lowest BCUT2D eigenvalue weighted by Crippen LogP contribution is -2.29. The van der Waals surface area contributed by atoms with Gasteiger partial charge in [0.15, 0.2) is 0 Å². The Balaban J connectivity index is 1.50. The summed E-state index contributed by atoms with van der Waals surface area (Å²) in [4.78, 5) is 4.30. The van der Waals surface area contributed by atoms with Gasteiger partial charge in [0.05, 0.1) is 0 Å². The molecule has 0 radical (unpaired) electrons. The van der Waals surface area contributed by atoms with Gasteiger partial charge in [-0.3, -0.25) is 4.98 Å². The zero-order chi connectivity index (χ0) is 13.9. The number of fused-ring (bicyclic) bond motifs is 1. The lowest BCUT2D eigenvalue weighted by Gasteiger charge is -2.11. The molecular weight excluding hydrogens is 316 g/mol. The van der Waals surface area contributed by atoms with E-state index in [1.165, 1.54) is 11.1 Å². The van der Waals surface area contributed by atoms with Gasteiger partial charge in [0, 0.05) is 35.9 Å². The third-order valence-electron chi connectivity index (χ3n) is 3.44. The summed E-state index contributed by atoms with van der Waals surface area (Å²) in [6, 6.07) is 10.3. The van der Waals surface area contributed by atoms with Crippen molar-refractivity contribution in [1.29, 1.82) is 0 Å². The molecule has 2 heterocycles. The summed E-state index contributed by atoms with van der Waals surface area (Å²) in [7, 11) is 0. The number of halogens is 1. The zero-order valence-corrected chi connectivity index (χ0v) is 13.0. The largest absolute Gasteiger partial charge is 0.488 e. The van der Waals surface area contributed by atoms with Crippen molar-refractivity contribution in [2.45, 2.75) is 26.0 Å². The van der Waals surface area contributed by atoms with Crippen molar-refractivity contribution in [1.82, 2.24) is 10.3 Å². The molecule has 0 aliphatic carbocycles. The highest BCUT2D eigenvalue weighted by Gasteiger charge is 2.22. The number of hydrogen-bond acceptors (Lipinski definition) is 3. The van der Waals surface area contributed by atoms with E-state index in [9.17, 15) is 0 Å². The predicted molar refractivity (Wildman–Crippen MR) is 82.9 cm³/mol. The molecule has 0 amide bonds. The molecule has 1 aliphatic heterocycles. The predicted octanol–water partition coefficient (Wildman–Crippen LogP) is 3.25. The van der Waals surface area contributed by atoms with Gasteiger partial charge < -0.3 is 10.1 Å².